The lowest BCUT2D eigenvalue weighted by molar-refractivity contribution is 0.617. The van der Waals surface area contributed by atoms with Crippen LogP contribution in [0.5, 0.6) is 0 Å². The van der Waals surface area contributed by atoms with Crippen LogP contribution in [0.25, 0.3) is 39.4 Å². The van der Waals surface area contributed by atoms with E-state index >= 15 is 0 Å². The molecule has 0 aliphatic heterocycles. The average Bonchev–Trinajstić information content (AvgIpc) is 3.14. The van der Waals surface area contributed by atoms with Crippen LogP contribution in [0.3, 0.4) is 0 Å². The highest BCUT2D eigenvalue weighted by Crippen LogP contribution is 2.26. The van der Waals surface area contributed by atoms with Crippen LogP contribution >= 0.6 is 0 Å². The summed E-state index contributed by atoms with van der Waals surface area (Å²) in [7, 11) is 0. The van der Waals surface area contributed by atoms with Crippen molar-refractivity contribution in [3.8, 4) is 11.3 Å². The molecule has 5 heteroatoms. The summed E-state index contributed by atoms with van der Waals surface area (Å²) in [5.41, 5.74) is 4.04. The number of nitrogens with zero attached hydrogens (tertiary/aromatic N) is 4. The van der Waals surface area contributed by atoms with Crippen LogP contribution in [0.15, 0.2) is 65.1 Å². The number of rotatable bonds is 1. The molecule has 2 aromatic carbocycles. The maximum absolute atomic E-state index is 5.83. The highest BCUT2D eigenvalue weighted by Gasteiger charge is 2.12. The Hall–Kier alpha value is -3.21. The Morgan fingerprint density at radius 1 is 0.818 bits per heavy atom. The summed E-state index contributed by atoms with van der Waals surface area (Å²) in [5, 5.41) is 4.61. The molecule has 0 bridgehead atoms. The predicted molar refractivity (Wildman–Crippen MR) is 83.5 cm³/mol. The minimum atomic E-state index is 0.502. The second-order valence-corrected chi connectivity index (χ2v) is 5.09. The maximum atomic E-state index is 5.83. The van der Waals surface area contributed by atoms with Crippen molar-refractivity contribution < 1.29 is 4.42 Å². The number of fused-ring (bicyclic) bond motifs is 4. The molecule has 5 aromatic rings. The lowest BCUT2D eigenvalue weighted by Gasteiger charge is -1.93. The van der Waals surface area contributed by atoms with E-state index < -0.39 is 0 Å². The van der Waals surface area contributed by atoms with Crippen molar-refractivity contribution in [2.45, 2.75) is 0 Å². The highest BCUT2D eigenvalue weighted by atomic mass is 16.3. The lowest BCUT2D eigenvalue weighted by atomic mass is 10.2. The Morgan fingerprint density at radius 2 is 1.64 bits per heavy atom. The van der Waals surface area contributed by atoms with Crippen molar-refractivity contribution in [1.82, 2.24) is 19.6 Å². The van der Waals surface area contributed by atoms with Gasteiger partial charge in [0.15, 0.2) is 5.52 Å². The number of furan rings is 1. The number of hydrogen-bond acceptors (Lipinski definition) is 4. The van der Waals surface area contributed by atoms with Crippen LogP contribution in [0.2, 0.25) is 0 Å². The fourth-order valence-electron chi connectivity index (χ4n) is 2.64. The van der Waals surface area contributed by atoms with E-state index in [1.165, 1.54) is 0 Å². The number of imidazole rings is 1. The second-order valence-electron chi connectivity index (χ2n) is 5.09. The summed E-state index contributed by atoms with van der Waals surface area (Å²) < 4.78 is 7.58. The zero-order valence-electron chi connectivity index (χ0n) is 11.5. The standard InChI is InChI=1S/C17H10N4O/c1-2-6-11(7-3-1)15-10-13-16(22-15)19-17-18-12-8-4-5-9-14(12)21(17)20-13/h1-10H. The van der Waals surface area contributed by atoms with Crippen molar-refractivity contribution in [2.75, 3.05) is 0 Å². The Kier molecular flexibility index (Phi) is 2.16. The summed E-state index contributed by atoms with van der Waals surface area (Å²) in [4.78, 5) is 8.96. The molecule has 3 heterocycles. The minimum absolute atomic E-state index is 0.502. The van der Waals surface area contributed by atoms with Crippen LogP contribution in [0.4, 0.5) is 0 Å². The first kappa shape index (κ1) is 11.4. The van der Waals surface area contributed by atoms with Gasteiger partial charge < -0.3 is 4.42 Å². The van der Waals surface area contributed by atoms with E-state index in [1.54, 1.807) is 4.52 Å². The van der Waals surface area contributed by atoms with Crippen molar-refractivity contribution in [3.63, 3.8) is 0 Å². The van der Waals surface area contributed by atoms with Gasteiger partial charge in [-0.25, -0.2) is 4.98 Å². The molecule has 0 saturated heterocycles. The average molecular weight is 286 g/mol. The first-order chi connectivity index (χ1) is 10.9. The van der Waals surface area contributed by atoms with Gasteiger partial charge in [0.2, 0.25) is 0 Å². The van der Waals surface area contributed by atoms with Gasteiger partial charge in [-0.2, -0.15) is 14.6 Å². The molecule has 0 unspecified atom stereocenters. The fraction of sp³-hybridized carbons (Fsp3) is 0. The van der Waals surface area contributed by atoms with E-state index in [1.807, 2.05) is 60.7 Å². The quantitative estimate of drug-likeness (QED) is 0.471. The number of aromatic nitrogens is 4. The van der Waals surface area contributed by atoms with Crippen molar-refractivity contribution in [3.05, 3.63) is 60.7 Å². The van der Waals surface area contributed by atoms with E-state index in [-0.39, 0.29) is 0 Å². The first-order valence-corrected chi connectivity index (χ1v) is 6.99. The number of hydrogen-bond donors (Lipinski definition) is 0. The highest BCUT2D eigenvalue weighted by molar-refractivity contribution is 5.82. The Labute approximate surface area is 124 Å². The van der Waals surface area contributed by atoms with Crippen LogP contribution in [0, 0.1) is 0 Å². The molecule has 5 rings (SSSR count). The zero-order valence-corrected chi connectivity index (χ0v) is 11.5. The number of benzene rings is 2. The van der Waals surface area contributed by atoms with Gasteiger partial charge in [-0.1, -0.05) is 42.5 Å². The summed E-state index contributed by atoms with van der Waals surface area (Å²) in [6, 6.07) is 19.7. The minimum Gasteiger partial charge on any atom is -0.436 e. The molecule has 0 fully saturated rings. The van der Waals surface area contributed by atoms with E-state index in [2.05, 4.69) is 15.1 Å². The molecule has 0 amide bonds. The van der Waals surface area contributed by atoms with Gasteiger partial charge in [0.1, 0.15) is 5.76 Å². The third kappa shape index (κ3) is 1.56. The van der Waals surface area contributed by atoms with Crippen LogP contribution in [-0.4, -0.2) is 19.6 Å². The summed E-state index contributed by atoms with van der Waals surface area (Å²) in [6.07, 6.45) is 0. The third-order valence-corrected chi connectivity index (χ3v) is 3.68. The van der Waals surface area contributed by atoms with Crippen LogP contribution in [0.1, 0.15) is 0 Å². The molecule has 5 nitrogen and oxygen atoms in total. The SMILES string of the molecule is c1ccc(-c2cc3nn4c(nc5ccccc54)nc3o2)cc1. The summed E-state index contributed by atoms with van der Waals surface area (Å²) in [5.74, 6) is 1.30. The van der Waals surface area contributed by atoms with Crippen molar-refractivity contribution >= 4 is 28.0 Å². The van der Waals surface area contributed by atoms with Crippen LogP contribution in [-0.2, 0) is 0 Å². The predicted octanol–water partition coefficient (Wildman–Crippen LogP) is 3.69. The van der Waals surface area contributed by atoms with E-state index in [0.29, 0.717) is 11.5 Å². The molecule has 22 heavy (non-hydrogen) atoms. The largest absolute Gasteiger partial charge is 0.436 e. The van der Waals surface area contributed by atoms with E-state index in [4.69, 9.17) is 4.42 Å². The fourth-order valence-corrected chi connectivity index (χ4v) is 2.64. The molecule has 104 valence electrons. The molecule has 0 aliphatic carbocycles. The molecule has 0 aliphatic rings. The third-order valence-electron chi connectivity index (χ3n) is 3.68. The van der Waals surface area contributed by atoms with Gasteiger partial charge in [-0.15, -0.1) is 0 Å². The normalized spacial score (nSPS) is 11.6. The topological polar surface area (TPSA) is 56.2 Å². The molecular weight excluding hydrogens is 276 g/mol. The molecule has 3 aromatic heterocycles. The molecule has 0 radical (unpaired) electrons. The van der Waals surface area contributed by atoms with E-state index in [0.717, 1.165) is 27.9 Å². The van der Waals surface area contributed by atoms with Gasteiger partial charge in [-0.05, 0) is 12.1 Å². The number of para-hydroxylation sites is 2. The van der Waals surface area contributed by atoms with Gasteiger partial charge >= 0.3 is 0 Å². The summed E-state index contributed by atoms with van der Waals surface area (Å²) in [6.45, 7) is 0. The molecule has 0 N–H and O–H groups in total. The summed E-state index contributed by atoms with van der Waals surface area (Å²) >= 11 is 0. The smallest absolute Gasteiger partial charge is 0.255 e. The molecule has 0 atom stereocenters. The maximum Gasteiger partial charge on any atom is 0.255 e. The molecular formula is C17H10N4O. The Morgan fingerprint density at radius 3 is 2.55 bits per heavy atom. The van der Waals surface area contributed by atoms with Gasteiger partial charge in [0.05, 0.1) is 11.0 Å². The second kappa shape index (κ2) is 4.14. The molecule has 0 spiro atoms. The zero-order chi connectivity index (χ0) is 14.5. The van der Waals surface area contributed by atoms with Crippen molar-refractivity contribution in [2.24, 2.45) is 0 Å². The van der Waals surface area contributed by atoms with Gasteiger partial charge in [0.25, 0.3) is 11.5 Å². The van der Waals surface area contributed by atoms with Gasteiger partial charge in [0, 0.05) is 11.6 Å². The van der Waals surface area contributed by atoms with Crippen LogP contribution < -0.4 is 0 Å². The van der Waals surface area contributed by atoms with Gasteiger partial charge in [-0.3, -0.25) is 0 Å². The lowest BCUT2D eigenvalue weighted by Crippen LogP contribution is -1.93. The van der Waals surface area contributed by atoms with Crippen molar-refractivity contribution in [1.29, 1.82) is 0 Å². The Bertz CT molecular complexity index is 1120. The monoisotopic (exact) mass is 286 g/mol. The Balaban J connectivity index is 1.81. The first-order valence-electron chi connectivity index (χ1n) is 6.99. The van der Waals surface area contributed by atoms with E-state index in [9.17, 15) is 0 Å². The molecule has 0 saturated carbocycles.